The number of hydrogen-bond acceptors (Lipinski definition) is 3. The van der Waals surface area contributed by atoms with Gasteiger partial charge in [-0.3, -0.25) is 9.69 Å². The van der Waals surface area contributed by atoms with Crippen molar-refractivity contribution in [1.82, 2.24) is 4.90 Å². The molecule has 0 amide bonds. The number of esters is 1. The van der Waals surface area contributed by atoms with Crippen LogP contribution in [0, 0.1) is 12.7 Å². The molecule has 2 rings (SSSR count). The zero-order valence-corrected chi connectivity index (χ0v) is 15.5. The molecule has 0 aliphatic carbocycles. The number of aryl methyl sites for hydroxylation is 1. The summed E-state index contributed by atoms with van der Waals surface area (Å²) in [6, 6.07) is 14.2. The quantitative estimate of drug-likeness (QED) is 0.738. The van der Waals surface area contributed by atoms with E-state index in [4.69, 9.17) is 4.74 Å². The lowest BCUT2D eigenvalue weighted by Gasteiger charge is -2.27. The minimum absolute atomic E-state index is 0.153. The Kier molecular flexibility index (Phi) is 6.32. The lowest BCUT2D eigenvalue weighted by atomic mass is 9.87. The van der Waals surface area contributed by atoms with E-state index in [9.17, 15) is 9.18 Å². The summed E-state index contributed by atoms with van der Waals surface area (Å²) in [5.74, 6) is -0.700. The Labute approximate surface area is 149 Å². The monoisotopic (exact) mass is 343 g/mol. The molecule has 0 heterocycles. The third kappa shape index (κ3) is 4.89. The van der Waals surface area contributed by atoms with E-state index >= 15 is 0 Å². The second-order valence-corrected chi connectivity index (χ2v) is 6.72. The van der Waals surface area contributed by atoms with Crippen LogP contribution in [-0.4, -0.2) is 37.1 Å². The van der Waals surface area contributed by atoms with Gasteiger partial charge in [0.1, 0.15) is 18.0 Å². The van der Waals surface area contributed by atoms with Gasteiger partial charge in [0.25, 0.3) is 0 Å². The fourth-order valence-corrected chi connectivity index (χ4v) is 2.74. The highest BCUT2D eigenvalue weighted by Crippen LogP contribution is 2.30. The first-order valence-electron chi connectivity index (χ1n) is 8.48. The highest BCUT2D eigenvalue weighted by Gasteiger charge is 2.27. The Balaban J connectivity index is 2.32. The zero-order chi connectivity index (χ0) is 18.6. The number of nitrogens with zero attached hydrogens (tertiary/aromatic N) is 1. The van der Waals surface area contributed by atoms with Crippen molar-refractivity contribution in [3.05, 3.63) is 71.0 Å². The van der Waals surface area contributed by atoms with E-state index in [1.54, 1.807) is 12.1 Å². The van der Waals surface area contributed by atoms with Gasteiger partial charge >= 0.3 is 5.97 Å². The van der Waals surface area contributed by atoms with Crippen molar-refractivity contribution in [1.29, 1.82) is 0 Å². The molecule has 1 unspecified atom stereocenters. The van der Waals surface area contributed by atoms with Crippen molar-refractivity contribution < 1.29 is 13.9 Å². The summed E-state index contributed by atoms with van der Waals surface area (Å²) in [7, 11) is 3.68. The lowest BCUT2D eigenvalue weighted by molar-refractivity contribution is -0.153. The molecule has 0 spiro atoms. The van der Waals surface area contributed by atoms with Gasteiger partial charge in [-0.05, 0) is 58.1 Å². The number of halogens is 1. The van der Waals surface area contributed by atoms with Crippen molar-refractivity contribution in [2.75, 3.05) is 14.1 Å². The SMILES string of the molecule is Cc1ccc(C(c2ccc(F)cc2)[C@H](C)OC(=O)[C@H](C)N(C)C)cc1. The van der Waals surface area contributed by atoms with Gasteiger partial charge in [-0.15, -0.1) is 0 Å². The predicted octanol–water partition coefficient (Wildman–Crippen LogP) is 4.15. The Bertz CT molecular complexity index is 649. The lowest BCUT2D eigenvalue weighted by Crippen LogP contribution is -2.37. The Morgan fingerprint density at radius 3 is 1.92 bits per heavy atom. The van der Waals surface area contributed by atoms with E-state index in [1.807, 2.05) is 64.0 Å². The van der Waals surface area contributed by atoms with Crippen molar-refractivity contribution in [3.8, 4) is 0 Å². The smallest absolute Gasteiger partial charge is 0.323 e. The van der Waals surface area contributed by atoms with Crippen LogP contribution < -0.4 is 0 Å². The Morgan fingerprint density at radius 1 is 0.960 bits per heavy atom. The molecule has 0 saturated heterocycles. The van der Waals surface area contributed by atoms with E-state index in [0.717, 1.165) is 16.7 Å². The molecule has 0 aliphatic rings. The van der Waals surface area contributed by atoms with Crippen molar-refractivity contribution >= 4 is 5.97 Å². The molecule has 25 heavy (non-hydrogen) atoms. The molecule has 0 fully saturated rings. The van der Waals surface area contributed by atoms with Gasteiger partial charge < -0.3 is 4.74 Å². The number of carbonyl (C=O) groups is 1. The van der Waals surface area contributed by atoms with Crippen LogP contribution in [-0.2, 0) is 9.53 Å². The summed E-state index contributed by atoms with van der Waals surface area (Å²) >= 11 is 0. The van der Waals surface area contributed by atoms with Crippen LogP contribution in [0.15, 0.2) is 48.5 Å². The molecule has 0 N–H and O–H groups in total. The van der Waals surface area contributed by atoms with Gasteiger partial charge in [0.05, 0.1) is 0 Å². The van der Waals surface area contributed by atoms with E-state index in [1.165, 1.54) is 12.1 Å². The van der Waals surface area contributed by atoms with Gasteiger partial charge in [-0.1, -0.05) is 42.0 Å². The Morgan fingerprint density at radius 2 is 1.44 bits per heavy atom. The first-order valence-corrected chi connectivity index (χ1v) is 8.48. The molecule has 0 radical (unpaired) electrons. The topological polar surface area (TPSA) is 29.5 Å². The number of carbonyl (C=O) groups excluding carboxylic acids is 1. The maximum atomic E-state index is 13.3. The molecule has 2 aromatic carbocycles. The summed E-state index contributed by atoms with van der Waals surface area (Å²) in [5, 5.41) is 0. The summed E-state index contributed by atoms with van der Waals surface area (Å²) < 4.78 is 19.1. The first kappa shape index (κ1) is 19.1. The zero-order valence-electron chi connectivity index (χ0n) is 15.5. The van der Waals surface area contributed by atoms with Crippen molar-refractivity contribution in [2.45, 2.75) is 38.8 Å². The Hall–Kier alpha value is -2.20. The highest BCUT2D eigenvalue weighted by molar-refractivity contribution is 5.75. The average Bonchev–Trinajstić information content (AvgIpc) is 2.57. The molecular weight excluding hydrogens is 317 g/mol. The van der Waals surface area contributed by atoms with Crippen molar-refractivity contribution in [2.24, 2.45) is 0 Å². The minimum Gasteiger partial charge on any atom is -0.461 e. The van der Waals surface area contributed by atoms with Crippen LogP contribution in [0.1, 0.15) is 36.5 Å². The second kappa shape index (κ2) is 8.26. The molecule has 0 bridgehead atoms. The molecule has 3 nitrogen and oxygen atoms in total. The summed E-state index contributed by atoms with van der Waals surface area (Å²) in [6.45, 7) is 5.72. The number of benzene rings is 2. The standard InChI is InChI=1S/C21H26FNO2/c1-14-6-8-17(9-7-14)20(18-10-12-19(22)13-11-18)16(3)25-21(24)15(2)23(4)5/h6-13,15-16,20H,1-5H3/t15-,16-,20?/m0/s1. The molecule has 3 atom stereocenters. The molecule has 4 heteroatoms. The van der Waals surface area contributed by atoms with Crippen LogP contribution in [0.2, 0.25) is 0 Å². The van der Waals surface area contributed by atoms with Crippen molar-refractivity contribution in [3.63, 3.8) is 0 Å². The van der Waals surface area contributed by atoms with Gasteiger partial charge in [0, 0.05) is 5.92 Å². The molecule has 0 saturated carbocycles. The van der Waals surface area contributed by atoms with Crippen LogP contribution >= 0.6 is 0 Å². The molecule has 0 aliphatic heterocycles. The molecule has 2 aromatic rings. The normalized spacial score (nSPS) is 14.8. The van der Waals surface area contributed by atoms with E-state index in [0.29, 0.717) is 0 Å². The number of rotatable bonds is 6. The second-order valence-electron chi connectivity index (χ2n) is 6.72. The average molecular weight is 343 g/mol. The summed E-state index contributed by atoms with van der Waals surface area (Å²) in [4.78, 5) is 14.2. The van der Waals surface area contributed by atoms with Crippen LogP contribution in [0.3, 0.4) is 0 Å². The number of ether oxygens (including phenoxy) is 1. The van der Waals surface area contributed by atoms with E-state index < -0.39 is 0 Å². The molecule has 0 aromatic heterocycles. The summed E-state index contributed by atoms with van der Waals surface area (Å²) in [6.07, 6.45) is -0.372. The largest absolute Gasteiger partial charge is 0.461 e. The summed E-state index contributed by atoms with van der Waals surface area (Å²) in [5.41, 5.74) is 3.12. The van der Waals surface area contributed by atoms with Gasteiger partial charge in [-0.2, -0.15) is 0 Å². The predicted molar refractivity (Wildman–Crippen MR) is 98.1 cm³/mol. The highest BCUT2D eigenvalue weighted by atomic mass is 19.1. The maximum Gasteiger partial charge on any atom is 0.323 e. The van der Waals surface area contributed by atoms with Crippen LogP contribution in [0.4, 0.5) is 4.39 Å². The fourth-order valence-electron chi connectivity index (χ4n) is 2.74. The third-order valence-corrected chi connectivity index (χ3v) is 4.55. The van der Waals surface area contributed by atoms with Gasteiger partial charge in [0.15, 0.2) is 0 Å². The minimum atomic E-state index is -0.372. The van der Waals surface area contributed by atoms with Crippen LogP contribution in [0.5, 0.6) is 0 Å². The molecular formula is C21H26FNO2. The van der Waals surface area contributed by atoms with E-state index in [2.05, 4.69) is 0 Å². The first-order chi connectivity index (χ1) is 11.8. The van der Waals surface area contributed by atoms with Crippen LogP contribution in [0.25, 0.3) is 0 Å². The third-order valence-electron chi connectivity index (χ3n) is 4.55. The van der Waals surface area contributed by atoms with Gasteiger partial charge in [0.2, 0.25) is 0 Å². The number of hydrogen-bond donors (Lipinski definition) is 0. The number of likely N-dealkylation sites (N-methyl/N-ethyl adjacent to an activating group) is 1. The molecule has 134 valence electrons. The van der Waals surface area contributed by atoms with E-state index in [-0.39, 0.29) is 29.9 Å². The maximum absolute atomic E-state index is 13.3. The van der Waals surface area contributed by atoms with Gasteiger partial charge in [-0.25, -0.2) is 4.39 Å². The fraction of sp³-hybridized carbons (Fsp3) is 0.381.